The maximum atomic E-state index is 5.31. The first-order valence-electron chi connectivity index (χ1n) is 22.0. The fraction of sp³-hybridized carbons (Fsp3) is 0. The molecular weight excluding hydrogens is 902 g/mol. The van der Waals surface area contributed by atoms with Crippen LogP contribution in [-0.2, 0) is 0 Å². The quantitative estimate of drug-likeness (QED) is 0.123. The number of hydrogen-bond acceptors (Lipinski definition) is 2. The molecule has 0 N–H and O–H groups in total. The summed E-state index contributed by atoms with van der Waals surface area (Å²) in [5, 5.41) is 7.32. The Bertz CT molecular complexity index is 3790. The van der Waals surface area contributed by atoms with Crippen LogP contribution in [0.1, 0.15) is 0 Å². The fourth-order valence-electron chi connectivity index (χ4n) is 10.3. The molecule has 0 saturated heterocycles. The first-order valence-corrected chi connectivity index (χ1v) is 26.7. The van der Waals surface area contributed by atoms with E-state index >= 15 is 0 Å². The van der Waals surface area contributed by atoms with E-state index in [2.05, 4.69) is 199 Å². The van der Waals surface area contributed by atoms with Gasteiger partial charge in [-0.05, 0) is 6.07 Å². The van der Waals surface area contributed by atoms with E-state index in [1.54, 1.807) is 0 Å². The summed E-state index contributed by atoms with van der Waals surface area (Å²) < 4.78 is 11.9. The first-order chi connectivity index (χ1) is 32.1. The van der Waals surface area contributed by atoms with Crippen molar-refractivity contribution >= 4 is 65.8 Å². The number of aromatic nitrogens is 3. The molecule has 65 heavy (non-hydrogen) atoms. The molecule has 3 nitrogen and oxygen atoms in total. The number of halogens is 1. The van der Waals surface area contributed by atoms with Crippen LogP contribution in [0.3, 0.4) is 0 Å². The molecule has 13 rings (SSSR count). The van der Waals surface area contributed by atoms with Crippen molar-refractivity contribution in [1.82, 2.24) is 14.5 Å². The van der Waals surface area contributed by atoms with Crippen LogP contribution in [0.5, 0.6) is 0 Å². The van der Waals surface area contributed by atoms with E-state index in [1.807, 2.05) is 36.7 Å². The summed E-state index contributed by atoms with van der Waals surface area (Å²) in [7, 11) is 0. The second-order valence-corrected chi connectivity index (χ2v) is 24.2. The number of rotatable bonds is 6. The van der Waals surface area contributed by atoms with Gasteiger partial charge in [0.25, 0.3) is 0 Å². The van der Waals surface area contributed by atoms with Gasteiger partial charge in [0, 0.05) is 0 Å². The molecule has 0 bridgehead atoms. The molecule has 0 radical (unpaired) electrons. The van der Waals surface area contributed by atoms with E-state index in [-0.39, 0.29) is 0 Å². The molecule has 0 aliphatic carbocycles. The Morgan fingerprint density at radius 3 is 1.32 bits per heavy atom. The van der Waals surface area contributed by atoms with Crippen LogP contribution >= 0.6 is 18.0 Å². The molecule has 3 aromatic heterocycles. The predicted octanol–water partition coefficient (Wildman–Crippen LogP) is 15.9. The van der Waals surface area contributed by atoms with E-state index in [4.69, 9.17) is 14.5 Å². The molecule has 0 atom stereocenters. The summed E-state index contributed by atoms with van der Waals surface area (Å²) in [5.41, 5.74) is 15.0. The molecule has 0 saturated carbocycles. The van der Waals surface area contributed by atoms with Crippen LogP contribution in [0, 0.1) is 10.7 Å². The molecule has 12 aromatic rings. The van der Waals surface area contributed by atoms with Crippen molar-refractivity contribution in [1.29, 1.82) is 0 Å². The van der Waals surface area contributed by atoms with E-state index in [1.165, 1.54) is 76.3 Å². The predicted molar refractivity (Wildman–Crippen MR) is 282 cm³/mol. The SMILES string of the molecule is C=I1(c2ccc3c(-c4ccc(-c5ccccn5)cc4)c4cc(-n5c6ccccc6c6ccccc65)ccc4c(-c4ccc(-c5ccccn5)cc4)c3c2)c2ccccc2-c2ccccc21. The van der Waals surface area contributed by atoms with E-state index in [0.717, 1.165) is 39.3 Å². The standard InChI is InChI=1S/C61H40IN3/c1-62(54-18-6-2-14-46(54)47-15-3-7-19-55(47)62)44-32-34-50-52(38-44)60(42-28-24-40(25-29-42)56-20-10-12-36-63-56)51-35-33-45(65-58-22-8-4-16-48(58)49-17-5-9-23-59(49)65)39-53(51)61(50)43-30-26-41(27-31-43)57-21-11-13-37-64-57/h2-39H,1H2. The number of fused-ring (bicyclic) bond motifs is 8. The molecule has 0 amide bonds. The summed E-state index contributed by atoms with van der Waals surface area (Å²) in [4.78, 5) is 9.38. The number of pyridine rings is 2. The normalized spacial score (nSPS) is 13.3. The Hall–Kier alpha value is -7.80. The summed E-state index contributed by atoms with van der Waals surface area (Å²) in [5.74, 6) is 0. The third-order valence-electron chi connectivity index (χ3n) is 13.3. The maximum absolute atomic E-state index is 5.31. The van der Waals surface area contributed by atoms with Gasteiger partial charge in [-0.2, -0.15) is 0 Å². The van der Waals surface area contributed by atoms with Crippen LogP contribution in [-0.4, -0.2) is 19.0 Å². The van der Waals surface area contributed by atoms with E-state index in [9.17, 15) is 0 Å². The Morgan fingerprint density at radius 2 is 0.800 bits per heavy atom. The Labute approximate surface area is 381 Å². The average Bonchev–Trinajstić information content (AvgIpc) is 3.86. The van der Waals surface area contributed by atoms with Crippen LogP contribution < -0.4 is 0 Å². The van der Waals surface area contributed by atoms with Crippen molar-refractivity contribution < 1.29 is 0 Å². The van der Waals surface area contributed by atoms with Gasteiger partial charge in [-0.1, -0.05) is 12.1 Å². The molecule has 4 heteroatoms. The van der Waals surface area contributed by atoms with Gasteiger partial charge in [0.1, 0.15) is 0 Å². The number of nitrogens with zero attached hydrogens (tertiary/aromatic N) is 3. The zero-order chi connectivity index (χ0) is 43.1. The fourth-order valence-corrected chi connectivity index (χ4v) is 18.5. The molecule has 0 fully saturated rings. The zero-order valence-corrected chi connectivity index (χ0v) is 37.5. The minimum atomic E-state index is -3.28. The van der Waals surface area contributed by atoms with E-state index in [0.29, 0.717) is 0 Å². The van der Waals surface area contributed by atoms with Gasteiger partial charge in [0.2, 0.25) is 0 Å². The van der Waals surface area contributed by atoms with E-state index < -0.39 is 18.0 Å². The van der Waals surface area contributed by atoms with Gasteiger partial charge < -0.3 is 0 Å². The molecule has 1 aliphatic heterocycles. The second kappa shape index (κ2) is 14.9. The van der Waals surface area contributed by atoms with Gasteiger partial charge in [0.05, 0.1) is 0 Å². The molecule has 4 heterocycles. The molecular formula is C61H40IN3. The zero-order valence-electron chi connectivity index (χ0n) is 35.4. The van der Waals surface area contributed by atoms with Gasteiger partial charge in [-0.3, -0.25) is 0 Å². The summed E-state index contributed by atoms with van der Waals surface area (Å²) >= 11 is -3.28. The molecule has 9 aromatic carbocycles. The van der Waals surface area contributed by atoms with Crippen molar-refractivity contribution in [3.05, 3.63) is 241 Å². The molecule has 0 spiro atoms. The summed E-state index contributed by atoms with van der Waals surface area (Å²) in [6, 6.07) is 80.2. The van der Waals surface area contributed by atoms with Crippen molar-refractivity contribution in [2.75, 3.05) is 0 Å². The van der Waals surface area contributed by atoms with Gasteiger partial charge in [-0.15, -0.1) is 0 Å². The summed E-state index contributed by atoms with van der Waals surface area (Å²) in [6.45, 7) is 0. The third kappa shape index (κ3) is 5.84. The Balaban J connectivity index is 1.13. The van der Waals surface area contributed by atoms with Crippen molar-refractivity contribution in [3.8, 4) is 61.6 Å². The van der Waals surface area contributed by atoms with Crippen LogP contribution in [0.15, 0.2) is 231 Å². The molecule has 306 valence electrons. The molecule has 0 unspecified atom stereocenters. The van der Waals surface area contributed by atoms with Gasteiger partial charge in [-0.25, -0.2) is 0 Å². The number of benzene rings is 9. The first kappa shape index (κ1) is 37.7. The molecule has 1 aliphatic rings. The van der Waals surface area contributed by atoms with Crippen LogP contribution in [0.25, 0.3) is 105 Å². The van der Waals surface area contributed by atoms with Gasteiger partial charge >= 0.3 is 365 Å². The van der Waals surface area contributed by atoms with Crippen molar-refractivity contribution in [3.63, 3.8) is 0 Å². The van der Waals surface area contributed by atoms with Crippen molar-refractivity contribution in [2.24, 2.45) is 0 Å². The monoisotopic (exact) mass is 941 g/mol. The second-order valence-electron chi connectivity index (χ2n) is 16.8. The van der Waals surface area contributed by atoms with Crippen LogP contribution in [0.4, 0.5) is 0 Å². The number of para-hydroxylation sites is 2. The Kier molecular flexibility index (Phi) is 8.65. The Morgan fingerprint density at radius 1 is 0.354 bits per heavy atom. The van der Waals surface area contributed by atoms with Crippen molar-refractivity contribution in [2.45, 2.75) is 0 Å². The third-order valence-corrected chi connectivity index (χ3v) is 21.9. The topological polar surface area (TPSA) is 30.7 Å². The summed E-state index contributed by atoms with van der Waals surface area (Å²) in [6.07, 6.45) is 3.72. The number of hydrogen-bond donors (Lipinski definition) is 0. The average molecular weight is 942 g/mol. The van der Waals surface area contributed by atoms with Crippen LogP contribution in [0.2, 0.25) is 0 Å². The van der Waals surface area contributed by atoms with Gasteiger partial charge in [0.15, 0.2) is 0 Å². The minimum absolute atomic E-state index is 0.959.